The number of hydrogen-bond acceptors (Lipinski definition) is 4. The molecule has 0 bridgehead atoms. The Morgan fingerprint density at radius 2 is 2.67 bits per heavy atom. The molecule has 15 heavy (non-hydrogen) atoms. The van der Waals surface area contributed by atoms with Crippen LogP contribution < -0.4 is 5.32 Å². The minimum absolute atomic E-state index is 0.189. The van der Waals surface area contributed by atoms with E-state index in [1.165, 1.54) is 6.33 Å². The van der Waals surface area contributed by atoms with Gasteiger partial charge in [0.2, 0.25) is 0 Å². The molecule has 0 amide bonds. The van der Waals surface area contributed by atoms with Crippen molar-refractivity contribution in [1.29, 1.82) is 0 Å². The smallest absolute Gasteiger partial charge is 0.321 e. The molecule has 1 saturated heterocycles. The third-order valence-corrected chi connectivity index (χ3v) is 2.27. The zero-order valence-electron chi connectivity index (χ0n) is 8.14. The zero-order chi connectivity index (χ0) is 10.7. The Kier molecular flexibility index (Phi) is 2.98. The van der Waals surface area contributed by atoms with Gasteiger partial charge in [-0.1, -0.05) is 0 Å². The molecule has 2 rings (SSSR count). The van der Waals surface area contributed by atoms with Gasteiger partial charge < -0.3 is 20.1 Å². The van der Waals surface area contributed by atoms with Crippen molar-refractivity contribution in [3.05, 3.63) is 18.2 Å². The van der Waals surface area contributed by atoms with Gasteiger partial charge in [-0.2, -0.15) is 0 Å². The molecule has 0 radical (unpaired) electrons. The Hall–Kier alpha value is -1.40. The van der Waals surface area contributed by atoms with E-state index in [2.05, 4.69) is 15.3 Å². The average molecular weight is 211 g/mol. The first kappa shape index (κ1) is 10.1. The first-order valence-electron chi connectivity index (χ1n) is 4.81. The Morgan fingerprint density at radius 1 is 1.87 bits per heavy atom. The summed E-state index contributed by atoms with van der Waals surface area (Å²) in [4.78, 5) is 17.6. The van der Waals surface area contributed by atoms with Crippen LogP contribution in [0.25, 0.3) is 0 Å². The lowest BCUT2D eigenvalue weighted by atomic mass is 10.1. The van der Waals surface area contributed by atoms with E-state index in [-0.39, 0.29) is 6.10 Å². The molecule has 1 unspecified atom stereocenters. The number of aromatic amines is 1. The number of carbonyl (C=O) groups is 1. The lowest BCUT2D eigenvalue weighted by Gasteiger charge is -2.12. The second kappa shape index (κ2) is 4.41. The number of nitrogens with zero attached hydrogens (tertiary/aromatic N) is 1. The fourth-order valence-electron chi connectivity index (χ4n) is 1.32. The highest BCUT2D eigenvalue weighted by molar-refractivity contribution is 5.73. The summed E-state index contributed by atoms with van der Waals surface area (Å²) < 4.78 is 5.00. The van der Waals surface area contributed by atoms with Crippen molar-refractivity contribution < 1.29 is 14.6 Å². The molecule has 6 nitrogen and oxygen atoms in total. The molecule has 2 heterocycles. The fourth-order valence-corrected chi connectivity index (χ4v) is 1.32. The van der Waals surface area contributed by atoms with Crippen LogP contribution in [0.4, 0.5) is 0 Å². The SMILES string of the molecule is O=C(O)[C@H](Cc1cnc[nH]1)NCC1CO1. The van der Waals surface area contributed by atoms with E-state index in [1.54, 1.807) is 6.20 Å². The predicted octanol–water partition coefficient (Wildman–Crippen LogP) is -0.606. The molecule has 1 aromatic rings. The van der Waals surface area contributed by atoms with Crippen LogP contribution in [0, 0.1) is 0 Å². The molecule has 0 aromatic carbocycles. The summed E-state index contributed by atoms with van der Waals surface area (Å²) >= 11 is 0. The van der Waals surface area contributed by atoms with Crippen LogP contribution in [0.2, 0.25) is 0 Å². The van der Waals surface area contributed by atoms with Gasteiger partial charge in [0.1, 0.15) is 6.04 Å². The number of hydrogen-bond donors (Lipinski definition) is 3. The van der Waals surface area contributed by atoms with Crippen molar-refractivity contribution in [3.8, 4) is 0 Å². The topological polar surface area (TPSA) is 90.5 Å². The first-order valence-corrected chi connectivity index (χ1v) is 4.81. The number of ether oxygens (including phenoxy) is 1. The van der Waals surface area contributed by atoms with Gasteiger partial charge in [0, 0.05) is 24.9 Å². The summed E-state index contributed by atoms with van der Waals surface area (Å²) in [6, 6.07) is -0.588. The van der Waals surface area contributed by atoms with E-state index >= 15 is 0 Å². The molecular formula is C9H13N3O3. The molecule has 1 aliphatic rings. The monoisotopic (exact) mass is 211 g/mol. The summed E-state index contributed by atoms with van der Waals surface area (Å²) in [5.41, 5.74) is 0.812. The molecule has 3 N–H and O–H groups in total. The van der Waals surface area contributed by atoms with E-state index in [0.717, 1.165) is 12.3 Å². The van der Waals surface area contributed by atoms with Gasteiger partial charge in [0.05, 0.1) is 19.0 Å². The third-order valence-electron chi connectivity index (χ3n) is 2.27. The van der Waals surface area contributed by atoms with Crippen LogP contribution in [0.5, 0.6) is 0 Å². The highest BCUT2D eigenvalue weighted by Crippen LogP contribution is 2.07. The highest BCUT2D eigenvalue weighted by Gasteiger charge is 2.25. The largest absolute Gasteiger partial charge is 0.480 e. The summed E-state index contributed by atoms with van der Waals surface area (Å²) in [5, 5.41) is 11.9. The van der Waals surface area contributed by atoms with Gasteiger partial charge in [-0.15, -0.1) is 0 Å². The molecule has 1 fully saturated rings. The number of rotatable bonds is 6. The van der Waals surface area contributed by atoms with Crippen molar-refractivity contribution in [3.63, 3.8) is 0 Å². The molecule has 6 heteroatoms. The van der Waals surface area contributed by atoms with Crippen molar-refractivity contribution in [2.75, 3.05) is 13.2 Å². The number of epoxide rings is 1. The van der Waals surface area contributed by atoms with Gasteiger partial charge in [-0.3, -0.25) is 4.79 Å². The lowest BCUT2D eigenvalue weighted by Crippen LogP contribution is -2.40. The van der Waals surface area contributed by atoms with Crippen LogP contribution in [-0.2, 0) is 16.0 Å². The number of nitrogens with one attached hydrogen (secondary N) is 2. The van der Waals surface area contributed by atoms with Gasteiger partial charge in [-0.25, -0.2) is 4.98 Å². The number of carboxylic acid groups (broad SMARTS) is 1. The van der Waals surface area contributed by atoms with Gasteiger partial charge >= 0.3 is 5.97 Å². The van der Waals surface area contributed by atoms with Crippen molar-refractivity contribution in [1.82, 2.24) is 15.3 Å². The maximum Gasteiger partial charge on any atom is 0.321 e. The number of aromatic nitrogens is 2. The first-order chi connectivity index (χ1) is 7.25. The standard InChI is InChI=1S/C9H13N3O3/c13-9(14)8(11-3-7-4-15-7)1-6-2-10-5-12-6/h2,5,7-8,11H,1,3-4H2,(H,10,12)(H,13,14)/t7?,8-/m0/s1. The summed E-state index contributed by atoms with van der Waals surface area (Å²) in [7, 11) is 0. The Balaban J connectivity index is 1.84. The van der Waals surface area contributed by atoms with E-state index in [0.29, 0.717) is 13.0 Å². The van der Waals surface area contributed by atoms with Gasteiger partial charge in [-0.05, 0) is 0 Å². The van der Waals surface area contributed by atoms with Crippen LogP contribution in [0.1, 0.15) is 5.69 Å². The van der Waals surface area contributed by atoms with E-state index in [1.807, 2.05) is 0 Å². The maximum absolute atomic E-state index is 10.9. The molecule has 0 spiro atoms. The molecule has 1 aromatic heterocycles. The van der Waals surface area contributed by atoms with Crippen LogP contribution in [-0.4, -0.2) is 46.3 Å². The fraction of sp³-hybridized carbons (Fsp3) is 0.556. The normalized spacial score (nSPS) is 21.2. The Labute approximate surface area is 86.7 Å². The summed E-state index contributed by atoms with van der Waals surface area (Å²) in [6.45, 7) is 1.31. The zero-order valence-corrected chi connectivity index (χ0v) is 8.14. The molecule has 2 atom stereocenters. The minimum atomic E-state index is -0.856. The Bertz CT molecular complexity index is 321. The molecule has 0 saturated carbocycles. The van der Waals surface area contributed by atoms with Crippen molar-refractivity contribution in [2.45, 2.75) is 18.6 Å². The number of imidazole rings is 1. The van der Waals surface area contributed by atoms with E-state index < -0.39 is 12.0 Å². The molecule has 1 aliphatic heterocycles. The minimum Gasteiger partial charge on any atom is -0.480 e. The summed E-state index contributed by atoms with van der Waals surface area (Å²) in [5.74, 6) is -0.856. The quantitative estimate of drug-likeness (QED) is 0.546. The molecular weight excluding hydrogens is 198 g/mol. The van der Waals surface area contributed by atoms with Gasteiger partial charge in [0.15, 0.2) is 0 Å². The Morgan fingerprint density at radius 3 is 3.20 bits per heavy atom. The second-order valence-corrected chi connectivity index (χ2v) is 3.54. The van der Waals surface area contributed by atoms with Crippen molar-refractivity contribution in [2.24, 2.45) is 0 Å². The summed E-state index contributed by atoms with van der Waals surface area (Å²) in [6.07, 6.45) is 3.76. The van der Waals surface area contributed by atoms with Crippen LogP contribution >= 0.6 is 0 Å². The molecule has 82 valence electrons. The average Bonchev–Trinajstić information content (AvgIpc) is 2.89. The lowest BCUT2D eigenvalue weighted by molar-refractivity contribution is -0.139. The third kappa shape index (κ3) is 3.03. The van der Waals surface area contributed by atoms with Crippen molar-refractivity contribution >= 4 is 5.97 Å². The number of H-pyrrole nitrogens is 1. The second-order valence-electron chi connectivity index (χ2n) is 3.54. The van der Waals surface area contributed by atoms with E-state index in [4.69, 9.17) is 9.84 Å². The van der Waals surface area contributed by atoms with E-state index in [9.17, 15) is 4.79 Å². The van der Waals surface area contributed by atoms with Crippen LogP contribution in [0.3, 0.4) is 0 Å². The number of aliphatic carboxylic acids is 1. The predicted molar refractivity (Wildman–Crippen MR) is 51.5 cm³/mol. The highest BCUT2D eigenvalue weighted by atomic mass is 16.6. The number of carboxylic acids is 1. The van der Waals surface area contributed by atoms with Gasteiger partial charge in [0.25, 0.3) is 0 Å². The maximum atomic E-state index is 10.9. The van der Waals surface area contributed by atoms with Crippen LogP contribution in [0.15, 0.2) is 12.5 Å². The molecule has 0 aliphatic carbocycles.